The maximum absolute atomic E-state index is 11.5. The molecule has 0 aromatic rings. The number of carbonyl (C=O) groups excluding carboxylic acids is 1. The molecule has 1 unspecified atom stereocenters. The average Bonchev–Trinajstić information content (AvgIpc) is 2.81. The third-order valence-electron chi connectivity index (χ3n) is 3.30. The Morgan fingerprint density at radius 2 is 1.88 bits per heavy atom. The maximum Gasteiger partial charge on any atom is 0.330 e. The van der Waals surface area contributed by atoms with E-state index in [1.54, 1.807) is 0 Å². The van der Waals surface area contributed by atoms with Gasteiger partial charge in [-0.05, 0) is 39.5 Å². The van der Waals surface area contributed by atoms with Crippen LogP contribution in [0.2, 0.25) is 0 Å². The molecule has 1 saturated heterocycles. The molecule has 1 atom stereocenters. The number of carbonyl (C=O) groups is 1. The zero-order valence-corrected chi connectivity index (χ0v) is 11.8. The molecular formula is C14H24O3. The zero-order valence-electron chi connectivity index (χ0n) is 11.8. The first-order chi connectivity index (χ1) is 7.56. The van der Waals surface area contributed by atoms with Crippen LogP contribution in [0.1, 0.15) is 48.0 Å². The second-order valence-electron chi connectivity index (χ2n) is 6.54. The van der Waals surface area contributed by atoms with Crippen molar-refractivity contribution in [3.05, 3.63) is 12.2 Å². The fourth-order valence-corrected chi connectivity index (χ4v) is 1.50. The second-order valence-corrected chi connectivity index (χ2v) is 6.54. The standard InChI is InChI=1S/C14H24O3/c1-12(2,3)17-11(15)8-7-9-13(4,5)14(6)10-16-14/h7-8H,9-10H2,1-6H3/b8-7+. The minimum absolute atomic E-state index is 0.0364. The fraction of sp³-hybridized carbons (Fsp3) is 0.786. The molecule has 0 aromatic heterocycles. The van der Waals surface area contributed by atoms with Crippen molar-refractivity contribution in [2.24, 2.45) is 5.41 Å². The van der Waals surface area contributed by atoms with Gasteiger partial charge in [-0.25, -0.2) is 4.79 Å². The Bertz CT molecular complexity index is 317. The molecule has 3 heteroatoms. The summed E-state index contributed by atoms with van der Waals surface area (Å²) < 4.78 is 10.6. The summed E-state index contributed by atoms with van der Waals surface area (Å²) in [6.07, 6.45) is 4.20. The first kappa shape index (κ1) is 14.2. The molecule has 3 nitrogen and oxygen atoms in total. The van der Waals surface area contributed by atoms with Gasteiger partial charge in [-0.1, -0.05) is 19.9 Å². The van der Waals surface area contributed by atoms with Crippen LogP contribution in [0.4, 0.5) is 0 Å². The normalized spacial score (nSPS) is 25.1. The molecule has 0 radical (unpaired) electrons. The van der Waals surface area contributed by atoms with E-state index in [1.165, 1.54) is 6.08 Å². The van der Waals surface area contributed by atoms with Crippen molar-refractivity contribution in [2.75, 3.05) is 6.61 Å². The van der Waals surface area contributed by atoms with E-state index in [4.69, 9.17) is 9.47 Å². The van der Waals surface area contributed by atoms with Crippen molar-refractivity contribution in [2.45, 2.75) is 59.2 Å². The summed E-state index contributed by atoms with van der Waals surface area (Å²) in [5.41, 5.74) is -0.417. The van der Waals surface area contributed by atoms with E-state index < -0.39 is 5.60 Å². The van der Waals surface area contributed by atoms with E-state index in [9.17, 15) is 4.79 Å². The van der Waals surface area contributed by atoms with Gasteiger partial charge < -0.3 is 9.47 Å². The van der Waals surface area contributed by atoms with Gasteiger partial charge in [0.15, 0.2) is 0 Å². The van der Waals surface area contributed by atoms with Crippen molar-refractivity contribution >= 4 is 5.97 Å². The number of ether oxygens (including phenoxy) is 2. The molecular weight excluding hydrogens is 216 g/mol. The molecule has 1 rings (SSSR count). The van der Waals surface area contributed by atoms with Crippen molar-refractivity contribution in [1.82, 2.24) is 0 Å². The van der Waals surface area contributed by atoms with Gasteiger partial charge in [0, 0.05) is 6.08 Å². The van der Waals surface area contributed by atoms with E-state index in [0.717, 1.165) is 13.0 Å². The maximum atomic E-state index is 11.5. The fourth-order valence-electron chi connectivity index (χ4n) is 1.50. The third-order valence-corrected chi connectivity index (χ3v) is 3.30. The van der Waals surface area contributed by atoms with Gasteiger partial charge in [0.25, 0.3) is 0 Å². The Morgan fingerprint density at radius 1 is 1.35 bits per heavy atom. The van der Waals surface area contributed by atoms with E-state index in [-0.39, 0.29) is 17.0 Å². The summed E-state index contributed by atoms with van der Waals surface area (Å²) in [6.45, 7) is 12.8. The van der Waals surface area contributed by atoms with Crippen molar-refractivity contribution in [3.8, 4) is 0 Å². The number of allylic oxidation sites excluding steroid dienone is 1. The molecule has 1 aliphatic rings. The lowest BCUT2D eigenvalue weighted by atomic mass is 9.77. The Balaban J connectivity index is 2.43. The topological polar surface area (TPSA) is 38.8 Å². The summed E-state index contributed by atoms with van der Waals surface area (Å²) in [4.78, 5) is 11.5. The predicted molar refractivity (Wildman–Crippen MR) is 67.7 cm³/mol. The summed E-state index contributed by atoms with van der Waals surface area (Å²) in [5, 5.41) is 0. The summed E-state index contributed by atoms with van der Waals surface area (Å²) >= 11 is 0. The molecule has 17 heavy (non-hydrogen) atoms. The van der Waals surface area contributed by atoms with Gasteiger partial charge in [-0.2, -0.15) is 0 Å². The molecule has 0 saturated carbocycles. The largest absolute Gasteiger partial charge is 0.457 e. The van der Waals surface area contributed by atoms with Gasteiger partial charge in [0.05, 0.1) is 12.2 Å². The van der Waals surface area contributed by atoms with Crippen LogP contribution in [0.5, 0.6) is 0 Å². The number of rotatable bonds is 4. The molecule has 98 valence electrons. The highest BCUT2D eigenvalue weighted by Crippen LogP contribution is 2.46. The van der Waals surface area contributed by atoms with Crippen molar-refractivity contribution < 1.29 is 14.3 Å². The first-order valence-corrected chi connectivity index (χ1v) is 6.09. The molecule has 0 aliphatic carbocycles. The minimum atomic E-state index is -0.428. The second kappa shape index (κ2) is 4.45. The van der Waals surface area contributed by atoms with Gasteiger partial charge in [0.1, 0.15) is 5.60 Å². The number of hydrogen-bond acceptors (Lipinski definition) is 3. The van der Waals surface area contributed by atoms with Crippen LogP contribution in [0, 0.1) is 5.41 Å². The smallest absolute Gasteiger partial charge is 0.330 e. The lowest BCUT2D eigenvalue weighted by molar-refractivity contribution is -0.148. The molecule has 1 fully saturated rings. The molecule has 1 heterocycles. The molecule has 1 aliphatic heterocycles. The Hall–Kier alpha value is -0.830. The Kier molecular flexibility index (Phi) is 3.72. The highest BCUT2D eigenvalue weighted by Gasteiger charge is 2.51. The van der Waals surface area contributed by atoms with Gasteiger partial charge >= 0.3 is 5.97 Å². The van der Waals surface area contributed by atoms with E-state index in [1.807, 2.05) is 26.8 Å². The quantitative estimate of drug-likeness (QED) is 0.430. The molecule has 0 N–H and O–H groups in total. The van der Waals surface area contributed by atoms with Crippen LogP contribution in [0.3, 0.4) is 0 Å². The monoisotopic (exact) mass is 240 g/mol. The average molecular weight is 240 g/mol. The van der Waals surface area contributed by atoms with E-state index in [0.29, 0.717) is 0 Å². The summed E-state index contributed by atoms with van der Waals surface area (Å²) in [6, 6.07) is 0. The lowest BCUT2D eigenvalue weighted by Crippen LogP contribution is -2.29. The zero-order chi connectivity index (χ0) is 13.3. The molecule has 0 aromatic carbocycles. The van der Waals surface area contributed by atoms with E-state index in [2.05, 4.69) is 20.8 Å². The minimum Gasteiger partial charge on any atom is -0.457 e. The Labute approximate surface area is 104 Å². The van der Waals surface area contributed by atoms with Crippen molar-refractivity contribution in [3.63, 3.8) is 0 Å². The van der Waals surface area contributed by atoms with Gasteiger partial charge in [-0.3, -0.25) is 0 Å². The first-order valence-electron chi connectivity index (χ1n) is 6.09. The lowest BCUT2D eigenvalue weighted by Gasteiger charge is -2.27. The third kappa shape index (κ3) is 4.15. The van der Waals surface area contributed by atoms with Crippen LogP contribution in [-0.2, 0) is 14.3 Å². The van der Waals surface area contributed by atoms with Crippen LogP contribution in [0.15, 0.2) is 12.2 Å². The van der Waals surface area contributed by atoms with Crippen LogP contribution in [-0.4, -0.2) is 23.8 Å². The summed E-state index contributed by atoms with van der Waals surface area (Å²) in [7, 11) is 0. The number of esters is 1. The van der Waals surface area contributed by atoms with Crippen LogP contribution >= 0.6 is 0 Å². The van der Waals surface area contributed by atoms with Crippen LogP contribution in [0.25, 0.3) is 0 Å². The highest BCUT2D eigenvalue weighted by molar-refractivity contribution is 5.82. The van der Waals surface area contributed by atoms with Crippen molar-refractivity contribution in [1.29, 1.82) is 0 Å². The number of hydrogen-bond donors (Lipinski definition) is 0. The SMILES string of the molecule is CC(C)(C)OC(=O)/C=C/CC(C)(C)C1(C)CO1. The van der Waals surface area contributed by atoms with Gasteiger partial charge in [0.2, 0.25) is 0 Å². The predicted octanol–water partition coefficient (Wildman–Crippen LogP) is 3.09. The molecule has 0 bridgehead atoms. The van der Waals surface area contributed by atoms with Crippen LogP contribution < -0.4 is 0 Å². The summed E-state index contributed by atoms with van der Waals surface area (Å²) in [5.74, 6) is -0.282. The molecule has 0 spiro atoms. The number of epoxide rings is 1. The van der Waals surface area contributed by atoms with E-state index >= 15 is 0 Å². The molecule has 0 amide bonds. The van der Waals surface area contributed by atoms with Gasteiger partial charge in [-0.15, -0.1) is 0 Å². The Morgan fingerprint density at radius 3 is 2.29 bits per heavy atom. The highest BCUT2D eigenvalue weighted by atomic mass is 16.6.